The van der Waals surface area contributed by atoms with E-state index in [2.05, 4.69) is 45.9 Å². The van der Waals surface area contributed by atoms with Gasteiger partial charge in [0.25, 0.3) is 0 Å². The number of hydrogen-bond donors (Lipinski definition) is 2. The van der Waals surface area contributed by atoms with E-state index in [4.69, 9.17) is 17.0 Å². The van der Waals surface area contributed by atoms with Gasteiger partial charge in [-0.1, -0.05) is 43.2 Å². The molecule has 1 fully saturated rings. The number of aryl methyl sites for hydroxylation is 1. The van der Waals surface area contributed by atoms with Crippen LogP contribution >= 0.6 is 23.6 Å². The molecular weight excluding hydrogens is 450 g/mol. The van der Waals surface area contributed by atoms with Crippen LogP contribution in [0.25, 0.3) is 0 Å². The Kier molecular flexibility index (Phi) is 8.75. The lowest BCUT2D eigenvalue weighted by Crippen LogP contribution is -2.45. The molecule has 0 spiro atoms. The van der Waals surface area contributed by atoms with Gasteiger partial charge < -0.3 is 15.4 Å². The summed E-state index contributed by atoms with van der Waals surface area (Å²) in [6.07, 6.45) is 8.89. The predicted molar refractivity (Wildman–Crippen MR) is 140 cm³/mol. The molecule has 1 aromatic carbocycles. The highest BCUT2D eigenvalue weighted by Crippen LogP contribution is 2.37. The average molecular weight is 486 g/mol. The zero-order valence-electron chi connectivity index (χ0n) is 19.5. The second kappa shape index (κ2) is 12.0. The molecule has 2 N–H and O–H groups in total. The summed E-state index contributed by atoms with van der Waals surface area (Å²) in [7, 11) is 0. The first kappa shape index (κ1) is 24.2. The average Bonchev–Trinajstić information content (AvgIpc) is 3.11. The quantitative estimate of drug-likeness (QED) is 0.414. The van der Waals surface area contributed by atoms with Gasteiger partial charge in [0.05, 0.1) is 12.2 Å². The number of anilines is 1. The summed E-state index contributed by atoms with van der Waals surface area (Å²) in [6.45, 7) is 5.34. The van der Waals surface area contributed by atoms with E-state index in [0.29, 0.717) is 23.3 Å². The molecule has 0 atom stereocenters. The fourth-order valence-corrected chi connectivity index (χ4v) is 6.44. The number of likely N-dealkylation sites (tertiary alicyclic amines) is 1. The van der Waals surface area contributed by atoms with E-state index >= 15 is 0 Å². The number of piperidine rings is 1. The monoisotopic (exact) mass is 485 g/mol. The minimum Gasteiger partial charge on any atom is -0.462 e. The van der Waals surface area contributed by atoms with Crippen LogP contribution in [0.1, 0.15) is 71.8 Å². The van der Waals surface area contributed by atoms with Crippen LogP contribution in [0, 0.1) is 0 Å². The van der Waals surface area contributed by atoms with E-state index in [9.17, 15) is 4.79 Å². The number of thiophene rings is 1. The molecule has 1 aromatic heterocycles. The number of ether oxygens (including phenoxy) is 1. The Bertz CT molecular complexity index is 937. The molecule has 0 saturated carbocycles. The van der Waals surface area contributed by atoms with Gasteiger partial charge in [-0.2, -0.15) is 0 Å². The van der Waals surface area contributed by atoms with Gasteiger partial charge in [-0.15, -0.1) is 11.3 Å². The van der Waals surface area contributed by atoms with Crippen molar-refractivity contribution in [2.45, 2.75) is 70.9 Å². The minimum absolute atomic E-state index is 0.227. The van der Waals surface area contributed by atoms with Crippen LogP contribution in [0.5, 0.6) is 0 Å². The Morgan fingerprint density at radius 1 is 1.12 bits per heavy atom. The Balaban J connectivity index is 1.36. The van der Waals surface area contributed by atoms with Gasteiger partial charge in [-0.25, -0.2) is 4.79 Å². The topological polar surface area (TPSA) is 53.6 Å². The molecular formula is C26H35N3O2S2. The van der Waals surface area contributed by atoms with E-state index in [1.54, 1.807) is 11.3 Å². The number of fused-ring (bicyclic) bond motifs is 1. The number of thiocarbonyl (C=S) groups is 1. The third-order valence-electron chi connectivity index (χ3n) is 6.55. The highest BCUT2D eigenvalue weighted by molar-refractivity contribution is 7.80. The largest absolute Gasteiger partial charge is 0.462 e. The Morgan fingerprint density at radius 2 is 1.85 bits per heavy atom. The first-order chi connectivity index (χ1) is 16.1. The number of hydrogen-bond acceptors (Lipinski definition) is 5. The van der Waals surface area contributed by atoms with Gasteiger partial charge in [0.1, 0.15) is 5.00 Å². The first-order valence-electron chi connectivity index (χ1n) is 12.3. The van der Waals surface area contributed by atoms with Gasteiger partial charge in [0.15, 0.2) is 5.11 Å². The number of rotatable bonds is 6. The van der Waals surface area contributed by atoms with Crippen LogP contribution < -0.4 is 10.6 Å². The normalized spacial score (nSPS) is 17.5. The van der Waals surface area contributed by atoms with Crippen LogP contribution in [0.4, 0.5) is 5.00 Å². The number of esters is 1. The Hall–Kier alpha value is -1.96. The van der Waals surface area contributed by atoms with Crippen molar-refractivity contribution in [3.63, 3.8) is 0 Å². The van der Waals surface area contributed by atoms with E-state index in [-0.39, 0.29) is 5.97 Å². The van der Waals surface area contributed by atoms with Gasteiger partial charge >= 0.3 is 5.97 Å². The third-order valence-corrected chi connectivity index (χ3v) is 7.98. The van der Waals surface area contributed by atoms with Crippen molar-refractivity contribution in [2.24, 2.45) is 0 Å². The lowest BCUT2D eigenvalue weighted by molar-refractivity contribution is 0.0526. The molecule has 5 nitrogen and oxygen atoms in total. The molecule has 2 heterocycles. The second-order valence-electron chi connectivity index (χ2n) is 8.98. The van der Waals surface area contributed by atoms with Gasteiger partial charge in [0, 0.05) is 30.6 Å². The van der Waals surface area contributed by atoms with Crippen molar-refractivity contribution in [2.75, 3.05) is 25.0 Å². The second-order valence-corrected chi connectivity index (χ2v) is 10.5. The van der Waals surface area contributed by atoms with Crippen molar-refractivity contribution in [3.8, 4) is 0 Å². The zero-order chi connectivity index (χ0) is 23.0. The van der Waals surface area contributed by atoms with E-state index in [1.807, 2.05) is 6.92 Å². The maximum absolute atomic E-state index is 12.8. The molecule has 178 valence electrons. The fraction of sp³-hybridized carbons (Fsp3) is 0.538. The van der Waals surface area contributed by atoms with Crippen molar-refractivity contribution in [3.05, 3.63) is 51.9 Å². The van der Waals surface area contributed by atoms with Crippen molar-refractivity contribution >= 4 is 39.6 Å². The maximum atomic E-state index is 12.8. The number of carbonyl (C=O) groups is 1. The predicted octanol–water partition coefficient (Wildman–Crippen LogP) is 5.53. The summed E-state index contributed by atoms with van der Waals surface area (Å²) >= 11 is 7.36. The molecule has 0 radical (unpaired) electrons. The summed E-state index contributed by atoms with van der Waals surface area (Å²) in [4.78, 5) is 16.6. The smallest absolute Gasteiger partial charge is 0.341 e. The molecule has 2 aliphatic rings. The minimum atomic E-state index is -0.227. The number of nitrogens with zero attached hydrogens (tertiary/aromatic N) is 1. The van der Waals surface area contributed by atoms with Crippen LogP contribution in [0.2, 0.25) is 0 Å². The van der Waals surface area contributed by atoms with Crippen LogP contribution in [-0.2, 0) is 24.1 Å². The molecule has 1 aliphatic heterocycles. The third kappa shape index (κ3) is 6.55. The number of carbonyl (C=O) groups excluding carboxylic acids is 1. The summed E-state index contributed by atoms with van der Waals surface area (Å²) in [5.74, 6) is -0.227. The highest BCUT2D eigenvalue weighted by atomic mass is 32.1. The van der Waals surface area contributed by atoms with Gasteiger partial charge in [-0.3, -0.25) is 4.90 Å². The fourth-order valence-electron chi connectivity index (χ4n) is 4.83. The molecule has 7 heteroatoms. The first-order valence-corrected chi connectivity index (χ1v) is 13.5. The van der Waals surface area contributed by atoms with Gasteiger partial charge in [-0.05, 0) is 68.8 Å². The number of nitrogens with one attached hydrogen (secondary N) is 2. The highest BCUT2D eigenvalue weighted by Gasteiger charge is 2.26. The molecule has 0 bridgehead atoms. The van der Waals surface area contributed by atoms with Crippen molar-refractivity contribution < 1.29 is 9.53 Å². The number of benzene rings is 1. The molecule has 0 amide bonds. The standard InChI is InChI=1S/C26H35N3O2S2/c1-2-31-25(30)23-21-12-8-3-4-9-13-22(21)33-24(23)28-26(32)27-20-14-16-29(17-15-20)18-19-10-6-5-7-11-19/h5-7,10-11,20H,2-4,8-9,12-18H2,1H3,(H2,27,28,32). The summed E-state index contributed by atoms with van der Waals surface area (Å²) in [6, 6.07) is 11.0. The van der Waals surface area contributed by atoms with Crippen molar-refractivity contribution in [1.82, 2.24) is 10.2 Å². The Morgan fingerprint density at radius 3 is 2.58 bits per heavy atom. The molecule has 2 aromatic rings. The van der Waals surface area contributed by atoms with Crippen LogP contribution in [0.3, 0.4) is 0 Å². The summed E-state index contributed by atoms with van der Waals surface area (Å²) in [5, 5.41) is 8.33. The van der Waals surface area contributed by atoms with Crippen molar-refractivity contribution in [1.29, 1.82) is 0 Å². The van der Waals surface area contributed by atoms with Crippen LogP contribution in [-0.4, -0.2) is 41.7 Å². The lowest BCUT2D eigenvalue weighted by atomic mass is 9.96. The van der Waals surface area contributed by atoms with E-state index in [1.165, 1.54) is 35.3 Å². The van der Waals surface area contributed by atoms with Crippen LogP contribution in [0.15, 0.2) is 30.3 Å². The molecule has 4 rings (SSSR count). The summed E-state index contributed by atoms with van der Waals surface area (Å²) < 4.78 is 5.42. The van der Waals surface area contributed by atoms with E-state index < -0.39 is 0 Å². The molecule has 33 heavy (non-hydrogen) atoms. The molecule has 0 unspecified atom stereocenters. The molecule has 1 aliphatic carbocycles. The van der Waals surface area contributed by atoms with E-state index in [0.717, 1.165) is 56.7 Å². The Labute approximate surface area is 206 Å². The maximum Gasteiger partial charge on any atom is 0.341 e. The zero-order valence-corrected chi connectivity index (χ0v) is 21.2. The molecule has 1 saturated heterocycles. The lowest BCUT2D eigenvalue weighted by Gasteiger charge is -2.33. The SMILES string of the molecule is CCOC(=O)c1c(NC(=S)NC2CCN(Cc3ccccc3)CC2)sc2c1CCCCCC2. The summed E-state index contributed by atoms with van der Waals surface area (Å²) in [5.41, 5.74) is 3.25. The van der Waals surface area contributed by atoms with Gasteiger partial charge in [0.2, 0.25) is 0 Å².